The molecule has 0 nitrogen and oxygen atoms in total. The molecule has 5 aromatic rings. The Balaban J connectivity index is 0.000000305. The van der Waals surface area contributed by atoms with Gasteiger partial charge in [-0.3, -0.25) is 6.08 Å². The number of halogens is 2. The average Bonchev–Trinajstić information content (AvgIpc) is 3.71. The number of hydrogen-bond donors (Lipinski definition) is 0. The van der Waals surface area contributed by atoms with E-state index in [1.807, 2.05) is 73.7 Å². The minimum absolute atomic E-state index is 0. The molecule has 2 aliphatic rings. The van der Waals surface area contributed by atoms with Crippen molar-refractivity contribution >= 4 is 29.1 Å². The molecule has 0 aromatic heterocycles. The first-order valence-corrected chi connectivity index (χ1v) is 14.1. The van der Waals surface area contributed by atoms with E-state index in [4.69, 9.17) is 0 Å². The fourth-order valence-corrected chi connectivity index (χ4v) is 4.40. The summed E-state index contributed by atoms with van der Waals surface area (Å²) < 4.78 is 2.00. The van der Waals surface area contributed by atoms with Gasteiger partial charge in [0.15, 0.2) is 0 Å². The van der Waals surface area contributed by atoms with Gasteiger partial charge in [0, 0.05) is 0 Å². The van der Waals surface area contributed by atoms with Gasteiger partial charge in [-0.1, -0.05) is 95.6 Å². The Morgan fingerprint density at radius 2 is 1.29 bits per heavy atom. The minimum Gasteiger partial charge on any atom is -0.273 e. The summed E-state index contributed by atoms with van der Waals surface area (Å²) in [6.45, 7) is 2.00. The SMILES string of the molecule is C[CH]=[Ti].Cl.Cl.[C-]1=CC=CC1.[c-]1c(-c2ccccc2)ccc2c1Cc1cc(-c3ccccc3)ccc1-2.[c-]1ccccc1. The zero-order valence-corrected chi connectivity index (χ0v) is 26.3. The number of benzene rings is 5. The van der Waals surface area contributed by atoms with Crippen LogP contribution in [0.2, 0.25) is 0 Å². The monoisotopic (exact) mass is 607 g/mol. The van der Waals surface area contributed by atoms with Crippen molar-refractivity contribution in [3.8, 4) is 33.4 Å². The molecule has 0 N–H and O–H groups in total. The quantitative estimate of drug-likeness (QED) is 0.136. The van der Waals surface area contributed by atoms with Gasteiger partial charge in [0.05, 0.1) is 0 Å². The molecule has 2 aliphatic carbocycles. The van der Waals surface area contributed by atoms with E-state index in [1.165, 1.54) is 44.5 Å². The van der Waals surface area contributed by atoms with Gasteiger partial charge in [-0.25, -0.2) is 12.2 Å². The van der Waals surface area contributed by atoms with E-state index in [9.17, 15) is 0 Å². The number of fused-ring (bicyclic) bond motifs is 3. The maximum absolute atomic E-state index is 3.65. The van der Waals surface area contributed by atoms with E-state index in [1.54, 1.807) is 0 Å². The van der Waals surface area contributed by atoms with Crippen molar-refractivity contribution in [1.29, 1.82) is 0 Å². The van der Waals surface area contributed by atoms with Crippen LogP contribution in [0.3, 0.4) is 0 Å². The van der Waals surface area contributed by atoms with Crippen LogP contribution >= 0.6 is 24.8 Å². The predicted octanol–water partition coefficient (Wildman–Crippen LogP) is 10.4. The van der Waals surface area contributed by atoms with Crippen LogP contribution in [0.1, 0.15) is 24.5 Å². The standard InChI is InChI=1S/C25H17.C6H5.C5H5.C2H4.2ClH.Ti/c1-3-7-18(8-4-1)20-11-13-24-22(15-20)17-23-16-21(12-14-25(23)24)19-9-5-2-6-10-19;1-2-4-6-5-3-1;1-2-4-5-3-1;1-2;;;/h1-15H,17H2;1-5H;1-3H,4H2;1H,2H3;2*1H;/q3*-1;;;;. The smallest absolute Gasteiger partial charge is 0.0181 e. The van der Waals surface area contributed by atoms with E-state index >= 15 is 0 Å². The first kappa shape index (κ1) is 33.9. The van der Waals surface area contributed by atoms with Gasteiger partial charge >= 0.3 is 31.2 Å². The van der Waals surface area contributed by atoms with Gasteiger partial charge in [0.1, 0.15) is 0 Å². The van der Waals surface area contributed by atoms with Crippen LogP contribution in [-0.2, 0) is 26.4 Å². The molecule has 3 heteroatoms. The van der Waals surface area contributed by atoms with Crippen LogP contribution in [0.5, 0.6) is 0 Å². The summed E-state index contributed by atoms with van der Waals surface area (Å²) in [6, 6.07) is 48.5. The van der Waals surface area contributed by atoms with Crippen LogP contribution in [0.4, 0.5) is 0 Å². The second-order valence-electron chi connectivity index (χ2n) is 8.91. The molecule has 7 rings (SSSR count). The zero-order chi connectivity index (χ0) is 27.1. The fourth-order valence-electron chi connectivity index (χ4n) is 4.40. The molecular formula is C38H33Cl2Ti-3. The molecule has 0 unspecified atom stereocenters. The molecule has 0 fully saturated rings. The summed E-state index contributed by atoms with van der Waals surface area (Å²) >= 11 is 2.00. The first-order chi connectivity index (χ1) is 19.3. The van der Waals surface area contributed by atoms with E-state index in [2.05, 4.69) is 115 Å². The normalized spacial score (nSPS) is 10.8. The van der Waals surface area contributed by atoms with Gasteiger partial charge in [-0.15, -0.1) is 60.6 Å². The maximum Gasteiger partial charge on any atom is -0.0181 e. The number of hydrogen-bond acceptors (Lipinski definition) is 0. The Morgan fingerprint density at radius 3 is 1.80 bits per heavy atom. The van der Waals surface area contributed by atoms with E-state index in [0.717, 1.165) is 12.8 Å². The second-order valence-corrected chi connectivity index (χ2v) is 9.82. The van der Waals surface area contributed by atoms with Crippen molar-refractivity contribution in [2.45, 2.75) is 19.8 Å². The van der Waals surface area contributed by atoms with E-state index < -0.39 is 0 Å². The van der Waals surface area contributed by atoms with Crippen LogP contribution < -0.4 is 0 Å². The molecule has 0 spiro atoms. The topological polar surface area (TPSA) is 0 Å². The van der Waals surface area contributed by atoms with Crippen molar-refractivity contribution in [2.75, 3.05) is 0 Å². The molecular weight excluding hydrogens is 575 g/mol. The second kappa shape index (κ2) is 19.0. The third-order valence-electron chi connectivity index (χ3n) is 6.17. The molecule has 0 amide bonds. The largest absolute Gasteiger partial charge is 0.273 e. The third kappa shape index (κ3) is 10.3. The van der Waals surface area contributed by atoms with Gasteiger partial charge in [0.25, 0.3) is 0 Å². The third-order valence-corrected chi connectivity index (χ3v) is 6.17. The number of allylic oxidation sites excluding steroid dienone is 4. The van der Waals surface area contributed by atoms with Gasteiger partial charge < -0.3 is 0 Å². The molecule has 0 bridgehead atoms. The Bertz CT molecular complexity index is 1390. The van der Waals surface area contributed by atoms with Gasteiger partial charge in [-0.05, 0) is 23.1 Å². The first-order valence-electron chi connectivity index (χ1n) is 13.2. The van der Waals surface area contributed by atoms with Crippen LogP contribution in [-0.4, -0.2) is 4.31 Å². The molecule has 0 radical (unpaired) electrons. The summed E-state index contributed by atoms with van der Waals surface area (Å²) in [5, 5.41) is 0. The van der Waals surface area contributed by atoms with Gasteiger partial charge in [-0.2, -0.15) is 42.5 Å². The Labute approximate surface area is 269 Å². The van der Waals surface area contributed by atoms with E-state index in [-0.39, 0.29) is 24.8 Å². The van der Waals surface area contributed by atoms with E-state index in [0.29, 0.717) is 0 Å². The molecule has 0 atom stereocenters. The molecule has 0 saturated heterocycles. The predicted molar refractivity (Wildman–Crippen MR) is 177 cm³/mol. The fraction of sp³-hybridized carbons (Fsp3) is 0.0789. The molecule has 41 heavy (non-hydrogen) atoms. The van der Waals surface area contributed by atoms with Crippen LogP contribution in [0, 0.1) is 18.2 Å². The molecule has 0 aliphatic heterocycles. The van der Waals surface area contributed by atoms with Crippen molar-refractivity contribution in [3.63, 3.8) is 0 Å². The van der Waals surface area contributed by atoms with Crippen LogP contribution in [0.25, 0.3) is 33.4 Å². The van der Waals surface area contributed by atoms with Crippen molar-refractivity contribution in [1.82, 2.24) is 0 Å². The molecule has 5 aromatic carbocycles. The average molecular weight is 608 g/mol. The Morgan fingerprint density at radius 1 is 0.683 bits per heavy atom. The summed E-state index contributed by atoms with van der Waals surface area (Å²) in [4.78, 5) is 0. The van der Waals surface area contributed by atoms with Crippen molar-refractivity contribution in [2.24, 2.45) is 0 Å². The zero-order valence-electron chi connectivity index (χ0n) is 23.1. The summed E-state index contributed by atoms with van der Waals surface area (Å²) in [5.74, 6) is 0. The molecule has 0 heterocycles. The van der Waals surface area contributed by atoms with Gasteiger partial charge in [0.2, 0.25) is 0 Å². The van der Waals surface area contributed by atoms with Crippen molar-refractivity contribution in [3.05, 3.63) is 169 Å². The number of rotatable bonds is 2. The van der Waals surface area contributed by atoms with Crippen LogP contribution in [0.15, 0.2) is 140 Å². The molecule has 206 valence electrons. The maximum atomic E-state index is 3.65. The minimum atomic E-state index is 0. The van der Waals surface area contributed by atoms with Crippen molar-refractivity contribution < 1.29 is 20.0 Å². The Hall–Kier alpha value is -3.26. The Kier molecular flexibility index (Phi) is 15.7. The molecule has 0 saturated carbocycles. The summed E-state index contributed by atoms with van der Waals surface area (Å²) in [6.07, 6.45) is 11.0. The summed E-state index contributed by atoms with van der Waals surface area (Å²) in [5.41, 5.74) is 10.4. The summed E-state index contributed by atoms with van der Waals surface area (Å²) in [7, 11) is 0.